The Bertz CT molecular complexity index is 598. The molecule has 1 aromatic heterocycles. The molecule has 0 atom stereocenters. The molecule has 0 aliphatic heterocycles. The normalized spacial score (nSPS) is 14.7. The van der Waals surface area contributed by atoms with E-state index in [0.717, 1.165) is 35.5 Å². The highest BCUT2D eigenvalue weighted by Gasteiger charge is 2.19. The van der Waals surface area contributed by atoms with Crippen LogP contribution in [0.2, 0.25) is 5.02 Å². The Morgan fingerprint density at radius 3 is 3.00 bits per heavy atom. The first-order valence-corrected chi connectivity index (χ1v) is 7.91. The highest BCUT2D eigenvalue weighted by molar-refractivity contribution is 9.10. The van der Waals surface area contributed by atoms with Crippen molar-refractivity contribution in [1.29, 1.82) is 0 Å². The molecular weight excluding hydrogens is 342 g/mol. The molecule has 0 spiro atoms. The number of halogens is 2. The van der Waals surface area contributed by atoms with E-state index in [4.69, 9.17) is 16.0 Å². The Morgan fingerprint density at radius 2 is 2.20 bits per heavy atom. The van der Waals surface area contributed by atoms with Gasteiger partial charge in [-0.25, -0.2) is 0 Å². The van der Waals surface area contributed by atoms with Gasteiger partial charge < -0.3 is 9.73 Å². The van der Waals surface area contributed by atoms with Crippen molar-refractivity contribution in [2.24, 2.45) is 0 Å². The summed E-state index contributed by atoms with van der Waals surface area (Å²) in [6.45, 7) is 1.00. The van der Waals surface area contributed by atoms with E-state index in [1.54, 1.807) is 0 Å². The van der Waals surface area contributed by atoms with Gasteiger partial charge in [-0.2, -0.15) is 0 Å². The second-order valence-electron chi connectivity index (χ2n) is 4.93. The van der Waals surface area contributed by atoms with Gasteiger partial charge in [-0.3, -0.25) is 0 Å². The number of nitrogens with one attached hydrogen (secondary N) is 1. The number of nitrogens with zero attached hydrogens (tertiary/aromatic N) is 2. The Hall–Kier alpha value is -0.910. The number of benzene rings is 1. The van der Waals surface area contributed by atoms with Crippen molar-refractivity contribution in [3.05, 3.63) is 33.6 Å². The van der Waals surface area contributed by atoms with Crippen LogP contribution >= 0.6 is 27.5 Å². The fraction of sp³-hybridized carbons (Fsp3) is 0.429. The Kier molecular flexibility index (Phi) is 4.38. The van der Waals surface area contributed by atoms with E-state index in [1.165, 1.54) is 12.8 Å². The van der Waals surface area contributed by atoms with E-state index >= 15 is 0 Å². The highest BCUT2D eigenvalue weighted by atomic mass is 79.9. The van der Waals surface area contributed by atoms with E-state index in [-0.39, 0.29) is 0 Å². The molecule has 4 nitrogen and oxygen atoms in total. The van der Waals surface area contributed by atoms with E-state index < -0.39 is 0 Å². The van der Waals surface area contributed by atoms with E-state index in [2.05, 4.69) is 31.4 Å². The monoisotopic (exact) mass is 355 g/mol. The number of hydrogen-bond donors (Lipinski definition) is 1. The van der Waals surface area contributed by atoms with Gasteiger partial charge in [-0.15, -0.1) is 10.2 Å². The second-order valence-corrected chi connectivity index (χ2v) is 6.17. The van der Waals surface area contributed by atoms with E-state index in [0.29, 0.717) is 16.8 Å². The smallest absolute Gasteiger partial charge is 0.249 e. The van der Waals surface area contributed by atoms with Gasteiger partial charge in [0.25, 0.3) is 0 Å². The maximum Gasteiger partial charge on any atom is 0.249 e. The average molecular weight is 357 g/mol. The molecule has 2 aromatic rings. The molecule has 0 amide bonds. The van der Waals surface area contributed by atoms with Gasteiger partial charge >= 0.3 is 0 Å². The van der Waals surface area contributed by atoms with E-state index in [1.807, 2.05) is 18.2 Å². The molecule has 6 heteroatoms. The van der Waals surface area contributed by atoms with Crippen LogP contribution in [0.25, 0.3) is 11.5 Å². The van der Waals surface area contributed by atoms with Gasteiger partial charge in [-0.1, -0.05) is 17.7 Å². The fourth-order valence-corrected chi connectivity index (χ4v) is 2.54. The van der Waals surface area contributed by atoms with Gasteiger partial charge in [-0.05, 0) is 53.9 Å². The van der Waals surface area contributed by atoms with Crippen LogP contribution in [0, 0.1) is 0 Å². The van der Waals surface area contributed by atoms with Crippen LogP contribution in [0.1, 0.15) is 25.2 Å². The van der Waals surface area contributed by atoms with Gasteiger partial charge in [0.2, 0.25) is 11.8 Å². The second kappa shape index (κ2) is 6.24. The third-order valence-corrected chi connectivity index (χ3v) is 4.52. The van der Waals surface area contributed by atoms with Crippen LogP contribution < -0.4 is 5.32 Å². The first-order chi connectivity index (χ1) is 9.74. The van der Waals surface area contributed by atoms with Gasteiger partial charge in [0, 0.05) is 16.9 Å². The fourth-order valence-electron chi connectivity index (χ4n) is 1.97. The van der Waals surface area contributed by atoms with Crippen LogP contribution in [-0.2, 0) is 6.42 Å². The van der Waals surface area contributed by atoms with Crippen molar-refractivity contribution in [3.63, 3.8) is 0 Å². The molecular formula is C14H15BrClN3O. The number of aryl methyl sites for hydroxylation is 1. The lowest BCUT2D eigenvalue weighted by atomic mass is 10.2. The van der Waals surface area contributed by atoms with Crippen molar-refractivity contribution in [2.75, 3.05) is 6.54 Å². The van der Waals surface area contributed by atoms with Crippen molar-refractivity contribution in [1.82, 2.24) is 15.5 Å². The number of rotatable bonds is 6. The predicted molar refractivity (Wildman–Crippen MR) is 81.8 cm³/mol. The lowest BCUT2D eigenvalue weighted by Gasteiger charge is -2.01. The van der Waals surface area contributed by atoms with Gasteiger partial charge in [0.1, 0.15) is 0 Å². The zero-order chi connectivity index (χ0) is 13.9. The summed E-state index contributed by atoms with van der Waals surface area (Å²) in [5, 5.41) is 12.2. The summed E-state index contributed by atoms with van der Waals surface area (Å²) in [6.07, 6.45) is 4.42. The summed E-state index contributed by atoms with van der Waals surface area (Å²) in [5.41, 5.74) is 0.760. The van der Waals surface area contributed by atoms with Crippen LogP contribution in [0.3, 0.4) is 0 Å². The Balaban J connectivity index is 1.62. The average Bonchev–Trinajstić information content (AvgIpc) is 3.15. The minimum atomic E-state index is 0.474. The first-order valence-electron chi connectivity index (χ1n) is 6.74. The van der Waals surface area contributed by atoms with Crippen LogP contribution in [0.5, 0.6) is 0 Å². The maximum atomic E-state index is 6.22. The van der Waals surface area contributed by atoms with Crippen LogP contribution in [-0.4, -0.2) is 22.8 Å². The number of hydrogen-bond acceptors (Lipinski definition) is 4. The maximum absolute atomic E-state index is 6.22. The molecule has 3 rings (SSSR count). The Labute approximate surface area is 131 Å². The molecule has 1 N–H and O–H groups in total. The highest BCUT2D eigenvalue weighted by Crippen LogP contribution is 2.32. The SMILES string of the molecule is Clc1c(Br)cccc1-c1nnc(CCCNC2CC2)o1. The van der Waals surface area contributed by atoms with Crippen molar-refractivity contribution >= 4 is 27.5 Å². The summed E-state index contributed by atoms with van der Waals surface area (Å²) < 4.78 is 6.50. The molecule has 0 bridgehead atoms. The van der Waals surface area contributed by atoms with Crippen molar-refractivity contribution in [2.45, 2.75) is 31.7 Å². The third-order valence-electron chi connectivity index (χ3n) is 3.23. The van der Waals surface area contributed by atoms with Gasteiger partial charge in [0.15, 0.2) is 0 Å². The molecule has 20 heavy (non-hydrogen) atoms. The van der Waals surface area contributed by atoms with Crippen molar-refractivity contribution < 1.29 is 4.42 Å². The summed E-state index contributed by atoms with van der Waals surface area (Å²) in [6, 6.07) is 6.40. The zero-order valence-electron chi connectivity index (χ0n) is 10.9. The molecule has 0 saturated heterocycles. The zero-order valence-corrected chi connectivity index (χ0v) is 13.2. The molecule has 106 valence electrons. The van der Waals surface area contributed by atoms with Crippen LogP contribution in [0.4, 0.5) is 0 Å². The van der Waals surface area contributed by atoms with Crippen LogP contribution in [0.15, 0.2) is 27.1 Å². The quantitative estimate of drug-likeness (QED) is 0.799. The molecule has 0 radical (unpaired) electrons. The third kappa shape index (κ3) is 3.40. The largest absolute Gasteiger partial charge is 0.421 e. The minimum Gasteiger partial charge on any atom is -0.421 e. The summed E-state index contributed by atoms with van der Waals surface area (Å²) in [4.78, 5) is 0. The molecule has 0 unspecified atom stereocenters. The Morgan fingerprint density at radius 1 is 1.35 bits per heavy atom. The topological polar surface area (TPSA) is 51.0 Å². The molecule has 1 aliphatic carbocycles. The standard InChI is InChI=1S/C14H15BrClN3O/c15-11-4-1-3-10(13(11)16)14-19-18-12(20-14)5-2-8-17-9-6-7-9/h1,3-4,9,17H,2,5-8H2. The minimum absolute atomic E-state index is 0.474. The van der Waals surface area contributed by atoms with Crippen molar-refractivity contribution in [3.8, 4) is 11.5 Å². The lowest BCUT2D eigenvalue weighted by molar-refractivity contribution is 0.491. The van der Waals surface area contributed by atoms with E-state index in [9.17, 15) is 0 Å². The summed E-state index contributed by atoms with van der Waals surface area (Å²) >= 11 is 9.61. The van der Waals surface area contributed by atoms with Gasteiger partial charge in [0.05, 0.1) is 10.6 Å². The summed E-state index contributed by atoms with van der Waals surface area (Å²) in [7, 11) is 0. The summed E-state index contributed by atoms with van der Waals surface area (Å²) in [5.74, 6) is 1.13. The predicted octanol–water partition coefficient (Wildman–Crippen LogP) is 3.84. The number of aromatic nitrogens is 2. The first kappa shape index (κ1) is 14.0. The molecule has 1 fully saturated rings. The molecule has 1 saturated carbocycles. The molecule has 1 heterocycles. The molecule has 1 aromatic carbocycles. The lowest BCUT2D eigenvalue weighted by Crippen LogP contribution is -2.17. The molecule has 1 aliphatic rings.